The lowest BCUT2D eigenvalue weighted by Crippen LogP contribution is -2.44. The van der Waals surface area contributed by atoms with Crippen LogP contribution in [0, 0.1) is 11.8 Å². The molecule has 0 aromatic carbocycles. The Balaban J connectivity index is 1.91. The molecule has 2 fully saturated rings. The molecule has 2 rings (SSSR count). The lowest BCUT2D eigenvalue weighted by atomic mass is 9.83. The van der Waals surface area contributed by atoms with Crippen molar-refractivity contribution in [2.75, 3.05) is 0 Å². The van der Waals surface area contributed by atoms with E-state index in [4.69, 9.17) is 0 Å². The molecule has 0 aromatic heterocycles. The minimum atomic E-state index is 0.0540. The zero-order valence-electron chi connectivity index (χ0n) is 13.7. The van der Waals surface area contributed by atoms with Crippen LogP contribution in [0.15, 0.2) is 0 Å². The quantitative estimate of drug-likeness (QED) is 0.835. The Bertz CT molecular complexity index is 321. The second-order valence-electron chi connectivity index (χ2n) is 7.23. The predicted molar refractivity (Wildman–Crippen MR) is 83.3 cm³/mol. The number of rotatable bonds is 5. The van der Waals surface area contributed by atoms with E-state index in [1.54, 1.807) is 0 Å². The number of carbonyl (C=O) groups is 1. The van der Waals surface area contributed by atoms with E-state index in [1.165, 1.54) is 38.5 Å². The van der Waals surface area contributed by atoms with E-state index in [9.17, 15) is 4.79 Å². The van der Waals surface area contributed by atoms with Crippen molar-refractivity contribution in [3.8, 4) is 0 Å². The third-order valence-corrected chi connectivity index (χ3v) is 5.03. The fraction of sp³-hybridized carbons (Fsp3) is 0.941. The largest absolute Gasteiger partial charge is 0.323 e. The lowest BCUT2D eigenvalue weighted by Gasteiger charge is -2.36. The summed E-state index contributed by atoms with van der Waals surface area (Å²) in [7, 11) is 0. The topological polar surface area (TPSA) is 32.3 Å². The zero-order chi connectivity index (χ0) is 14.7. The summed E-state index contributed by atoms with van der Waals surface area (Å²) in [6, 6.07) is 0.536. The maximum atomic E-state index is 12.6. The molecule has 2 aliphatic rings. The Kier molecular flexibility index (Phi) is 5.48. The molecule has 1 aliphatic heterocycles. The van der Waals surface area contributed by atoms with Gasteiger partial charge in [-0.2, -0.15) is 0 Å². The van der Waals surface area contributed by atoms with Crippen molar-refractivity contribution < 1.29 is 4.79 Å². The SMILES string of the molecule is CCCC1CCC(N2C(=O)C(CC(C)C)NC2C)CC1. The number of hydrogen-bond donors (Lipinski definition) is 1. The highest BCUT2D eigenvalue weighted by Crippen LogP contribution is 2.33. The zero-order valence-corrected chi connectivity index (χ0v) is 13.7. The molecule has 1 aliphatic carbocycles. The van der Waals surface area contributed by atoms with Gasteiger partial charge in [0.05, 0.1) is 12.2 Å². The summed E-state index contributed by atoms with van der Waals surface area (Å²) in [5.74, 6) is 1.83. The smallest absolute Gasteiger partial charge is 0.241 e. The Morgan fingerprint density at radius 2 is 1.90 bits per heavy atom. The van der Waals surface area contributed by atoms with E-state index in [0.717, 1.165) is 12.3 Å². The first-order valence-electron chi connectivity index (χ1n) is 8.61. The summed E-state index contributed by atoms with van der Waals surface area (Å²) in [5.41, 5.74) is 0. The summed E-state index contributed by atoms with van der Waals surface area (Å²) in [6.07, 6.45) is 8.88. The Morgan fingerprint density at radius 1 is 1.25 bits per heavy atom. The summed E-state index contributed by atoms with van der Waals surface area (Å²) >= 11 is 0. The van der Waals surface area contributed by atoms with Crippen LogP contribution in [0.25, 0.3) is 0 Å². The first-order valence-corrected chi connectivity index (χ1v) is 8.61. The maximum absolute atomic E-state index is 12.6. The number of amides is 1. The molecule has 0 bridgehead atoms. The summed E-state index contributed by atoms with van der Waals surface area (Å²) in [5, 5.41) is 3.50. The first-order chi connectivity index (χ1) is 9.52. The van der Waals surface area contributed by atoms with Gasteiger partial charge in [-0.25, -0.2) is 0 Å². The van der Waals surface area contributed by atoms with E-state index in [0.29, 0.717) is 17.9 Å². The Hall–Kier alpha value is -0.570. The second kappa shape index (κ2) is 6.93. The highest BCUT2D eigenvalue weighted by Gasteiger charge is 2.41. The number of carbonyl (C=O) groups excluding carboxylic acids is 1. The molecule has 1 saturated heterocycles. The van der Waals surface area contributed by atoms with Gasteiger partial charge in [0.2, 0.25) is 5.91 Å². The molecular weight excluding hydrogens is 248 g/mol. The molecule has 1 amide bonds. The third kappa shape index (κ3) is 3.55. The summed E-state index contributed by atoms with van der Waals surface area (Å²) < 4.78 is 0. The number of hydrogen-bond acceptors (Lipinski definition) is 2. The fourth-order valence-corrected chi connectivity index (χ4v) is 4.07. The standard InChI is InChI=1S/C17H32N2O/c1-5-6-14-7-9-15(10-8-14)19-13(4)18-16(17(19)20)11-12(2)3/h12-16,18H,5-11H2,1-4H3. The molecule has 1 saturated carbocycles. The molecule has 0 radical (unpaired) electrons. The highest BCUT2D eigenvalue weighted by molar-refractivity contribution is 5.84. The van der Waals surface area contributed by atoms with E-state index < -0.39 is 0 Å². The van der Waals surface area contributed by atoms with Gasteiger partial charge in [0.25, 0.3) is 0 Å². The molecule has 0 aromatic rings. The Labute approximate surface area is 124 Å². The average Bonchev–Trinajstić information content (AvgIpc) is 2.65. The van der Waals surface area contributed by atoms with Gasteiger partial charge >= 0.3 is 0 Å². The van der Waals surface area contributed by atoms with Crippen LogP contribution in [0.3, 0.4) is 0 Å². The van der Waals surface area contributed by atoms with Gasteiger partial charge in [0.1, 0.15) is 0 Å². The van der Waals surface area contributed by atoms with Gasteiger partial charge in [-0.3, -0.25) is 10.1 Å². The van der Waals surface area contributed by atoms with E-state index in [-0.39, 0.29) is 12.2 Å². The van der Waals surface area contributed by atoms with Crippen LogP contribution in [0.2, 0.25) is 0 Å². The third-order valence-electron chi connectivity index (χ3n) is 5.03. The van der Waals surface area contributed by atoms with Gasteiger partial charge in [0, 0.05) is 6.04 Å². The van der Waals surface area contributed by atoms with Gasteiger partial charge in [-0.15, -0.1) is 0 Å². The fourth-order valence-electron chi connectivity index (χ4n) is 4.07. The lowest BCUT2D eigenvalue weighted by molar-refractivity contribution is -0.133. The van der Waals surface area contributed by atoms with Gasteiger partial charge in [0.15, 0.2) is 0 Å². The van der Waals surface area contributed by atoms with Crippen molar-refractivity contribution in [2.45, 2.75) is 90.9 Å². The van der Waals surface area contributed by atoms with Gasteiger partial charge in [-0.05, 0) is 50.9 Å². The van der Waals surface area contributed by atoms with Gasteiger partial charge in [-0.1, -0.05) is 33.6 Å². The van der Waals surface area contributed by atoms with Crippen molar-refractivity contribution in [2.24, 2.45) is 11.8 Å². The number of nitrogens with zero attached hydrogens (tertiary/aromatic N) is 1. The van der Waals surface area contributed by atoms with E-state index >= 15 is 0 Å². The molecule has 1 heterocycles. The van der Waals surface area contributed by atoms with Crippen molar-refractivity contribution in [3.05, 3.63) is 0 Å². The van der Waals surface area contributed by atoms with Crippen molar-refractivity contribution >= 4 is 5.91 Å². The molecular formula is C17H32N2O. The van der Waals surface area contributed by atoms with Crippen molar-refractivity contribution in [1.29, 1.82) is 0 Å². The number of nitrogens with one attached hydrogen (secondary N) is 1. The molecule has 2 atom stereocenters. The summed E-state index contributed by atoms with van der Waals surface area (Å²) in [6.45, 7) is 8.81. The van der Waals surface area contributed by atoms with Crippen LogP contribution in [-0.2, 0) is 4.79 Å². The van der Waals surface area contributed by atoms with Crippen LogP contribution >= 0.6 is 0 Å². The molecule has 3 heteroatoms. The average molecular weight is 280 g/mol. The highest BCUT2D eigenvalue weighted by atomic mass is 16.2. The minimum Gasteiger partial charge on any atom is -0.323 e. The molecule has 3 nitrogen and oxygen atoms in total. The van der Waals surface area contributed by atoms with Gasteiger partial charge < -0.3 is 4.90 Å². The molecule has 20 heavy (non-hydrogen) atoms. The van der Waals surface area contributed by atoms with Crippen LogP contribution in [0.5, 0.6) is 0 Å². The van der Waals surface area contributed by atoms with Crippen molar-refractivity contribution in [1.82, 2.24) is 10.2 Å². The Morgan fingerprint density at radius 3 is 2.45 bits per heavy atom. The van der Waals surface area contributed by atoms with Crippen LogP contribution in [-0.4, -0.2) is 29.1 Å². The molecule has 1 N–H and O–H groups in total. The molecule has 0 spiro atoms. The first kappa shape index (κ1) is 15.8. The second-order valence-corrected chi connectivity index (χ2v) is 7.23. The van der Waals surface area contributed by atoms with E-state index in [2.05, 4.69) is 37.9 Å². The van der Waals surface area contributed by atoms with Crippen LogP contribution < -0.4 is 5.32 Å². The van der Waals surface area contributed by atoms with E-state index in [1.807, 2.05) is 0 Å². The van der Waals surface area contributed by atoms with Crippen LogP contribution in [0.4, 0.5) is 0 Å². The molecule has 2 unspecified atom stereocenters. The minimum absolute atomic E-state index is 0.0540. The predicted octanol–water partition coefficient (Wildman–Crippen LogP) is 3.54. The van der Waals surface area contributed by atoms with Crippen LogP contribution in [0.1, 0.15) is 72.6 Å². The molecule has 116 valence electrons. The monoisotopic (exact) mass is 280 g/mol. The van der Waals surface area contributed by atoms with Crippen molar-refractivity contribution in [3.63, 3.8) is 0 Å². The normalized spacial score (nSPS) is 35.0. The summed E-state index contributed by atoms with van der Waals surface area (Å²) in [4.78, 5) is 14.8. The maximum Gasteiger partial charge on any atom is 0.241 e.